The Morgan fingerprint density at radius 1 is 1.43 bits per heavy atom. The summed E-state index contributed by atoms with van der Waals surface area (Å²) in [6.45, 7) is 2.12. The average molecular weight is 353 g/mol. The number of ether oxygens (including phenoxy) is 1. The van der Waals surface area contributed by atoms with Crippen LogP contribution in [0.25, 0.3) is 10.2 Å². The molecule has 1 amide bonds. The number of aromatic nitrogens is 1. The Labute approximate surface area is 142 Å². The molecule has 0 N–H and O–H groups in total. The van der Waals surface area contributed by atoms with Gasteiger partial charge in [0.1, 0.15) is 6.54 Å². The second kappa shape index (κ2) is 6.84. The molecule has 0 saturated heterocycles. The van der Waals surface area contributed by atoms with Crippen molar-refractivity contribution in [1.82, 2.24) is 4.57 Å². The number of hydrogen-bond donors (Lipinski definition) is 0. The van der Waals surface area contributed by atoms with Crippen LogP contribution in [0.15, 0.2) is 23.2 Å². The zero-order valence-electron chi connectivity index (χ0n) is 12.8. The molecule has 2 aromatic rings. The lowest BCUT2D eigenvalue weighted by molar-refractivity contribution is -0.143. The van der Waals surface area contributed by atoms with Crippen LogP contribution in [0.4, 0.5) is 0 Å². The summed E-state index contributed by atoms with van der Waals surface area (Å²) in [5.41, 5.74) is 0.826. The summed E-state index contributed by atoms with van der Waals surface area (Å²) >= 11 is 7.39. The van der Waals surface area contributed by atoms with Gasteiger partial charge in [0.15, 0.2) is 4.80 Å². The van der Waals surface area contributed by atoms with E-state index in [0.29, 0.717) is 16.4 Å². The summed E-state index contributed by atoms with van der Waals surface area (Å²) in [4.78, 5) is 28.8. The molecule has 1 aliphatic carbocycles. The number of nitrogens with zero attached hydrogens (tertiary/aromatic N) is 2. The van der Waals surface area contributed by atoms with Gasteiger partial charge in [0.25, 0.3) is 5.91 Å². The molecule has 1 heterocycles. The third-order valence-electron chi connectivity index (χ3n) is 3.90. The highest BCUT2D eigenvalue weighted by atomic mass is 35.5. The zero-order chi connectivity index (χ0) is 16.4. The molecule has 0 spiro atoms. The Hall–Kier alpha value is -1.66. The maximum absolute atomic E-state index is 12.2. The highest BCUT2D eigenvalue weighted by Gasteiger charge is 2.25. The van der Waals surface area contributed by atoms with E-state index in [1.54, 1.807) is 17.6 Å². The van der Waals surface area contributed by atoms with Crippen LogP contribution >= 0.6 is 22.9 Å². The van der Waals surface area contributed by atoms with Crippen molar-refractivity contribution in [2.75, 3.05) is 6.61 Å². The van der Waals surface area contributed by atoms with Crippen LogP contribution in [0.5, 0.6) is 0 Å². The number of amides is 1. The van der Waals surface area contributed by atoms with Crippen LogP contribution in [-0.4, -0.2) is 23.1 Å². The number of carbonyl (C=O) groups excluding carboxylic acids is 2. The van der Waals surface area contributed by atoms with Gasteiger partial charge in [-0.3, -0.25) is 9.59 Å². The predicted octanol–water partition coefficient (Wildman–Crippen LogP) is 3.15. The molecule has 7 heteroatoms. The molecule has 3 rings (SSSR count). The molecule has 5 nitrogen and oxygen atoms in total. The van der Waals surface area contributed by atoms with Gasteiger partial charge >= 0.3 is 5.97 Å². The van der Waals surface area contributed by atoms with E-state index in [2.05, 4.69) is 4.99 Å². The van der Waals surface area contributed by atoms with Gasteiger partial charge in [-0.1, -0.05) is 29.4 Å². The molecule has 1 aromatic heterocycles. The second-order valence-corrected chi connectivity index (χ2v) is 6.91. The molecule has 122 valence electrons. The van der Waals surface area contributed by atoms with Crippen molar-refractivity contribution in [3.8, 4) is 0 Å². The van der Waals surface area contributed by atoms with Crippen molar-refractivity contribution in [1.29, 1.82) is 0 Å². The van der Waals surface area contributed by atoms with E-state index in [-0.39, 0.29) is 24.3 Å². The normalized spacial score (nSPS) is 15.7. The van der Waals surface area contributed by atoms with Gasteiger partial charge in [0.05, 0.1) is 16.8 Å². The number of halogens is 1. The first-order valence-electron chi connectivity index (χ1n) is 7.61. The third kappa shape index (κ3) is 3.48. The fourth-order valence-electron chi connectivity index (χ4n) is 2.46. The molecule has 1 fully saturated rings. The number of carbonyl (C=O) groups is 2. The molecule has 1 aromatic carbocycles. The summed E-state index contributed by atoms with van der Waals surface area (Å²) in [7, 11) is 0. The molecule has 0 radical (unpaired) electrons. The van der Waals surface area contributed by atoms with Crippen LogP contribution in [0.2, 0.25) is 5.02 Å². The Kier molecular flexibility index (Phi) is 4.82. The Balaban J connectivity index is 2.05. The largest absolute Gasteiger partial charge is 0.465 e. The molecular formula is C16H17ClN2O3S. The maximum Gasteiger partial charge on any atom is 0.326 e. The minimum atomic E-state index is -0.348. The van der Waals surface area contributed by atoms with Crippen LogP contribution in [0, 0.1) is 5.92 Å². The van der Waals surface area contributed by atoms with Gasteiger partial charge in [-0.15, -0.1) is 0 Å². The molecular weight excluding hydrogens is 336 g/mol. The van der Waals surface area contributed by atoms with Gasteiger partial charge in [-0.05, 0) is 38.0 Å². The van der Waals surface area contributed by atoms with E-state index >= 15 is 0 Å². The number of hydrogen-bond acceptors (Lipinski definition) is 4. The molecule has 0 atom stereocenters. The van der Waals surface area contributed by atoms with Crippen molar-refractivity contribution >= 4 is 45.0 Å². The molecule has 1 aliphatic rings. The molecule has 23 heavy (non-hydrogen) atoms. The van der Waals surface area contributed by atoms with Gasteiger partial charge in [0.2, 0.25) is 0 Å². The number of fused-ring (bicyclic) bond motifs is 1. The third-order valence-corrected chi connectivity index (χ3v) is 5.17. The number of thiazole rings is 1. The molecule has 0 unspecified atom stereocenters. The first-order chi connectivity index (χ1) is 11.1. The highest BCUT2D eigenvalue weighted by molar-refractivity contribution is 7.16. The monoisotopic (exact) mass is 352 g/mol. The Bertz CT molecular complexity index is 820. The highest BCUT2D eigenvalue weighted by Crippen LogP contribution is 2.27. The van der Waals surface area contributed by atoms with E-state index in [1.807, 2.05) is 12.1 Å². The first-order valence-corrected chi connectivity index (χ1v) is 8.81. The lowest BCUT2D eigenvalue weighted by atomic mass is 9.85. The van der Waals surface area contributed by atoms with E-state index in [4.69, 9.17) is 16.3 Å². The number of esters is 1. The van der Waals surface area contributed by atoms with E-state index < -0.39 is 0 Å². The average Bonchev–Trinajstić information content (AvgIpc) is 2.74. The molecule has 1 saturated carbocycles. The van der Waals surface area contributed by atoms with E-state index in [0.717, 1.165) is 29.5 Å². The van der Waals surface area contributed by atoms with Crippen molar-refractivity contribution in [2.45, 2.75) is 32.7 Å². The Morgan fingerprint density at radius 3 is 2.87 bits per heavy atom. The van der Waals surface area contributed by atoms with Gasteiger partial charge in [-0.2, -0.15) is 4.99 Å². The summed E-state index contributed by atoms with van der Waals surface area (Å²) in [5, 5.41) is 0.610. The number of benzene rings is 1. The molecule has 0 aliphatic heterocycles. The maximum atomic E-state index is 12.2. The lowest BCUT2D eigenvalue weighted by Crippen LogP contribution is -2.26. The number of rotatable bonds is 4. The van der Waals surface area contributed by atoms with E-state index in [9.17, 15) is 9.59 Å². The first kappa shape index (κ1) is 16.2. The topological polar surface area (TPSA) is 60.7 Å². The second-order valence-electron chi connectivity index (χ2n) is 5.47. The van der Waals surface area contributed by atoms with Crippen LogP contribution in [0.1, 0.15) is 26.2 Å². The van der Waals surface area contributed by atoms with Crippen LogP contribution in [0.3, 0.4) is 0 Å². The lowest BCUT2D eigenvalue weighted by Gasteiger charge is -2.20. The van der Waals surface area contributed by atoms with Crippen molar-refractivity contribution in [3.05, 3.63) is 28.0 Å². The Morgan fingerprint density at radius 2 is 2.22 bits per heavy atom. The summed E-state index contributed by atoms with van der Waals surface area (Å²) in [6, 6.07) is 5.41. The summed E-state index contributed by atoms with van der Waals surface area (Å²) < 4.78 is 7.64. The van der Waals surface area contributed by atoms with Crippen molar-refractivity contribution in [3.63, 3.8) is 0 Å². The standard InChI is InChI=1S/C16H17ClN2O3S/c1-2-22-14(20)9-19-12-7-6-11(17)8-13(12)23-16(19)18-15(21)10-4-3-5-10/h6-8,10H,2-5,9H2,1H3. The summed E-state index contributed by atoms with van der Waals surface area (Å²) in [5.74, 6) is -0.425. The smallest absolute Gasteiger partial charge is 0.326 e. The fraction of sp³-hybridized carbons (Fsp3) is 0.438. The quantitative estimate of drug-likeness (QED) is 0.794. The molecule has 0 bridgehead atoms. The zero-order valence-corrected chi connectivity index (χ0v) is 14.3. The van der Waals surface area contributed by atoms with Gasteiger partial charge in [0, 0.05) is 10.9 Å². The van der Waals surface area contributed by atoms with Gasteiger partial charge in [-0.25, -0.2) is 0 Å². The van der Waals surface area contributed by atoms with Crippen molar-refractivity contribution in [2.24, 2.45) is 10.9 Å². The fourth-order valence-corrected chi connectivity index (χ4v) is 3.77. The summed E-state index contributed by atoms with van der Waals surface area (Å²) in [6.07, 6.45) is 2.88. The van der Waals surface area contributed by atoms with Crippen molar-refractivity contribution < 1.29 is 14.3 Å². The van der Waals surface area contributed by atoms with E-state index in [1.165, 1.54) is 11.3 Å². The van der Waals surface area contributed by atoms with Crippen LogP contribution < -0.4 is 4.80 Å². The predicted molar refractivity (Wildman–Crippen MR) is 89.4 cm³/mol. The minimum Gasteiger partial charge on any atom is -0.465 e. The van der Waals surface area contributed by atoms with Gasteiger partial charge < -0.3 is 9.30 Å². The minimum absolute atomic E-state index is 0.0276. The SMILES string of the molecule is CCOC(=O)Cn1c(=NC(=O)C2CCC2)sc2cc(Cl)ccc21. The van der Waals surface area contributed by atoms with Crippen LogP contribution in [-0.2, 0) is 20.9 Å².